The average molecular weight is 256 g/mol. The molecular formula is C11H16N2O3S. The number of carbonyl (C=O) groups excluding carboxylic acids is 1. The monoisotopic (exact) mass is 256 g/mol. The fourth-order valence-corrected chi connectivity index (χ4v) is 3.49. The van der Waals surface area contributed by atoms with Gasteiger partial charge in [0.1, 0.15) is 5.70 Å². The number of thioether (sulfide) groups is 1. The van der Waals surface area contributed by atoms with E-state index in [4.69, 9.17) is 5.73 Å². The van der Waals surface area contributed by atoms with Crippen LogP contribution in [0, 0.1) is 5.92 Å². The maximum Gasteiger partial charge on any atom is 0.353 e. The van der Waals surface area contributed by atoms with Gasteiger partial charge in [-0.2, -0.15) is 0 Å². The van der Waals surface area contributed by atoms with Crippen LogP contribution in [-0.4, -0.2) is 40.2 Å². The van der Waals surface area contributed by atoms with Crippen molar-refractivity contribution in [3.63, 3.8) is 0 Å². The molecule has 3 N–H and O–H groups in total. The SMILES string of the molecule is CCC1C(=O)N2C(C(=O)O)=C(SCCN)CC12. The number of amides is 1. The summed E-state index contributed by atoms with van der Waals surface area (Å²) in [6, 6.07) is 0.0684. The zero-order valence-electron chi connectivity index (χ0n) is 9.68. The number of β-lactam (4-membered cyclic amide) rings is 1. The number of rotatable bonds is 5. The van der Waals surface area contributed by atoms with Gasteiger partial charge in [-0.25, -0.2) is 4.79 Å². The van der Waals surface area contributed by atoms with Crippen LogP contribution in [0.5, 0.6) is 0 Å². The van der Waals surface area contributed by atoms with Crippen LogP contribution in [0.1, 0.15) is 19.8 Å². The fourth-order valence-electron chi connectivity index (χ4n) is 2.51. The lowest BCUT2D eigenvalue weighted by molar-refractivity contribution is -0.155. The molecule has 0 aromatic heterocycles. The Hall–Kier alpha value is -1.01. The van der Waals surface area contributed by atoms with Crippen LogP contribution in [0.3, 0.4) is 0 Å². The standard InChI is InChI=1S/C11H16N2O3S/c1-2-6-7-5-8(17-4-3-12)9(11(15)16)13(7)10(6)14/h6-7H,2-5,12H2,1H3,(H,15,16). The Bertz CT molecular complexity index is 394. The molecule has 17 heavy (non-hydrogen) atoms. The first-order valence-corrected chi connectivity index (χ1v) is 6.72. The zero-order chi connectivity index (χ0) is 12.6. The minimum Gasteiger partial charge on any atom is -0.477 e. The van der Waals surface area contributed by atoms with E-state index in [0.717, 1.165) is 11.3 Å². The van der Waals surface area contributed by atoms with Crippen LogP contribution in [0.4, 0.5) is 0 Å². The molecule has 1 fully saturated rings. The largest absolute Gasteiger partial charge is 0.477 e. The van der Waals surface area contributed by atoms with Gasteiger partial charge in [-0.05, 0) is 6.42 Å². The molecule has 1 saturated heterocycles. The van der Waals surface area contributed by atoms with Crippen LogP contribution < -0.4 is 5.73 Å². The normalized spacial score (nSPS) is 27.2. The second-order valence-electron chi connectivity index (χ2n) is 4.21. The Labute approximate surface area is 104 Å². The molecule has 0 bridgehead atoms. The summed E-state index contributed by atoms with van der Waals surface area (Å²) in [6.45, 7) is 2.47. The highest BCUT2D eigenvalue weighted by Gasteiger charge is 2.54. The molecule has 0 aromatic carbocycles. The predicted octanol–water partition coefficient (Wildman–Crippen LogP) is 0.615. The Morgan fingerprint density at radius 2 is 2.35 bits per heavy atom. The van der Waals surface area contributed by atoms with Crippen molar-refractivity contribution < 1.29 is 14.7 Å². The highest BCUT2D eigenvalue weighted by molar-refractivity contribution is 8.03. The Morgan fingerprint density at radius 3 is 2.88 bits per heavy atom. The molecule has 94 valence electrons. The molecule has 2 atom stereocenters. The van der Waals surface area contributed by atoms with E-state index in [2.05, 4.69) is 0 Å². The van der Waals surface area contributed by atoms with Gasteiger partial charge in [0.2, 0.25) is 5.91 Å². The molecular weight excluding hydrogens is 240 g/mol. The summed E-state index contributed by atoms with van der Waals surface area (Å²) >= 11 is 1.46. The molecule has 1 amide bonds. The summed E-state index contributed by atoms with van der Waals surface area (Å²) in [5.41, 5.74) is 5.61. The lowest BCUT2D eigenvalue weighted by Crippen LogP contribution is -2.58. The van der Waals surface area contributed by atoms with Gasteiger partial charge in [-0.3, -0.25) is 4.79 Å². The maximum absolute atomic E-state index is 11.8. The highest BCUT2D eigenvalue weighted by atomic mass is 32.2. The third kappa shape index (κ3) is 1.85. The number of hydrogen-bond acceptors (Lipinski definition) is 4. The lowest BCUT2D eigenvalue weighted by atomic mass is 9.85. The highest BCUT2D eigenvalue weighted by Crippen LogP contribution is 2.46. The summed E-state index contributed by atoms with van der Waals surface area (Å²) in [7, 11) is 0. The number of carboxylic acids is 1. The number of carboxylic acid groups (broad SMARTS) is 1. The van der Waals surface area contributed by atoms with E-state index in [-0.39, 0.29) is 23.6 Å². The van der Waals surface area contributed by atoms with E-state index in [0.29, 0.717) is 18.7 Å². The molecule has 0 radical (unpaired) electrons. The summed E-state index contributed by atoms with van der Waals surface area (Å²) in [5.74, 6) is -0.356. The van der Waals surface area contributed by atoms with E-state index in [9.17, 15) is 14.7 Å². The molecule has 2 aliphatic heterocycles. The molecule has 2 rings (SSSR count). The first-order valence-electron chi connectivity index (χ1n) is 5.74. The molecule has 0 aromatic rings. The van der Waals surface area contributed by atoms with Crippen LogP contribution in [0.25, 0.3) is 0 Å². The van der Waals surface area contributed by atoms with Crippen LogP contribution >= 0.6 is 11.8 Å². The maximum atomic E-state index is 11.8. The van der Waals surface area contributed by atoms with Crippen LogP contribution in [0.15, 0.2) is 10.6 Å². The fraction of sp³-hybridized carbons (Fsp3) is 0.636. The Kier molecular flexibility index (Phi) is 3.44. The zero-order valence-corrected chi connectivity index (χ0v) is 10.5. The van der Waals surface area contributed by atoms with E-state index < -0.39 is 5.97 Å². The quantitative estimate of drug-likeness (QED) is 0.704. The second-order valence-corrected chi connectivity index (χ2v) is 5.40. The van der Waals surface area contributed by atoms with Crippen molar-refractivity contribution in [2.75, 3.05) is 12.3 Å². The van der Waals surface area contributed by atoms with Crippen molar-refractivity contribution >= 4 is 23.6 Å². The van der Waals surface area contributed by atoms with Gasteiger partial charge >= 0.3 is 5.97 Å². The van der Waals surface area contributed by atoms with Gasteiger partial charge in [-0.1, -0.05) is 6.92 Å². The molecule has 0 aliphatic carbocycles. The third-order valence-corrected chi connectivity index (χ3v) is 4.44. The minimum atomic E-state index is -1.00. The Morgan fingerprint density at radius 1 is 1.65 bits per heavy atom. The van der Waals surface area contributed by atoms with Crippen molar-refractivity contribution in [1.29, 1.82) is 0 Å². The van der Waals surface area contributed by atoms with Gasteiger partial charge in [-0.15, -0.1) is 11.8 Å². The predicted molar refractivity (Wildman–Crippen MR) is 65.2 cm³/mol. The van der Waals surface area contributed by atoms with E-state index >= 15 is 0 Å². The molecule has 0 saturated carbocycles. The number of nitrogens with zero attached hydrogens (tertiary/aromatic N) is 1. The third-order valence-electron chi connectivity index (χ3n) is 3.29. The van der Waals surface area contributed by atoms with E-state index in [1.165, 1.54) is 16.7 Å². The summed E-state index contributed by atoms with van der Waals surface area (Å²) < 4.78 is 0. The van der Waals surface area contributed by atoms with Crippen LogP contribution in [0.2, 0.25) is 0 Å². The van der Waals surface area contributed by atoms with Crippen molar-refractivity contribution in [2.45, 2.75) is 25.8 Å². The topological polar surface area (TPSA) is 83.6 Å². The smallest absolute Gasteiger partial charge is 0.353 e. The van der Waals surface area contributed by atoms with Crippen molar-refractivity contribution in [3.05, 3.63) is 10.6 Å². The second kappa shape index (κ2) is 4.70. The summed E-state index contributed by atoms with van der Waals surface area (Å²) in [6.07, 6.45) is 1.46. The molecule has 0 spiro atoms. The number of fused-ring (bicyclic) bond motifs is 1. The average Bonchev–Trinajstić information content (AvgIpc) is 2.62. The number of hydrogen-bond donors (Lipinski definition) is 2. The van der Waals surface area contributed by atoms with E-state index in [1.54, 1.807) is 0 Å². The number of aliphatic carboxylic acids is 1. The van der Waals surface area contributed by atoms with Gasteiger partial charge in [0, 0.05) is 23.6 Å². The van der Waals surface area contributed by atoms with Crippen molar-refractivity contribution in [3.8, 4) is 0 Å². The van der Waals surface area contributed by atoms with Crippen molar-refractivity contribution in [1.82, 2.24) is 4.90 Å². The number of carbonyl (C=O) groups is 2. The first-order chi connectivity index (χ1) is 8.11. The Balaban J connectivity index is 2.20. The van der Waals surface area contributed by atoms with Crippen LogP contribution in [-0.2, 0) is 9.59 Å². The van der Waals surface area contributed by atoms with Gasteiger partial charge in [0.25, 0.3) is 0 Å². The summed E-state index contributed by atoms with van der Waals surface area (Å²) in [5, 5.41) is 9.19. The lowest BCUT2D eigenvalue weighted by Gasteiger charge is -2.42. The van der Waals surface area contributed by atoms with E-state index in [1.807, 2.05) is 6.92 Å². The molecule has 2 heterocycles. The van der Waals surface area contributed by atoms with Crippen molar-refractivity contribution in [2.24, 2.45) is 11.7 Å². The van der Waals surface area contributed by atoms with Gasteiger partial charge in [0.15, 0.2) is 0 Å². The van der Waals surface area contributed by atoms with Gasteiger partial charge in [0.05, 0.1) is 12.0 Å². The van der Waals surface area contributed by atoms with Gasteiger partial charge < -0.3 is 15.7 Å². The molecule has 2 unspecified atom stereocenters. The summed E-state index contributed by atoms with van der Waals surface area (Å²) in [4.78, 5) is 25.3. The molecule has 6 heteroatoms. The minimum absolute atomic E-state index is 0.000302. The first kappa shape index (κ1) is 12.4. The molecule has 5 nitrogen and oxygen atoms in total. The number of nitrogens with two attached hydrogens (primary N) is 1. The molecule has 2 aliphatic rings.